The average molecular weight is 256 g/mol. The van der Waals surface area contributed by atoms with E-state index in [9.17, 15) is 4.79 Å². The number of halogens is 1. The third-order valence-electron chi connectivity index (χ3n) is 2.59. The summed E-state index contributed by atoms with van der Waals surface area (Å²) in [7, 11) is 0. The molecule has 7 heteroatoms. The molecule has 3 N–H and O–H groups in total. The molecule has 0 bridgehead atoms. The van der Waals surface area contributed by atoms with Crippen LogP contribution in [0.4, 0.5) is 11.8 Å². The van der Waals surface area contributed by atoms with Gasteiger partial charge in [-0.3, -0.25) is 4.79 Å². The predicted molar refractivity (Wildman–Crippen MR) is 65.8 cm³/mol. The number of aromatic nitrogens is 2. The molecule has 0 aliphatic carbocycles. The molecule has 1 aromatic rings. The molecule has 1 aliphatic heterocycles. The highest BCUT2D eigenvalue weighted by molar-refractivity contribution is 6.29. The Balaban J connectivity index is 1.90. The van der Waals surface area contributed by atoms with E-state index in [4.69, 9.17) is 17.3 Å². The van der Waals surface area contributed by atoms with Crippen molar-refractivity contribution in [2.75, 3.05) is 30.7 Å². The normalized spacial score (nSPS) is 15.0. The van der Waals surface area contributed by atoms with Gasteiger partial charge in [-0.05, 0) is 12.8 Å². The van der Waals surface area contributed by atoms with Gasteiger partial charge in [0.05, 0.1) is 6.54 Å². The van der Waals surface area contributed by atoms with Gasteiger partial charge in [-0.2, -0.15) is 4.98 Å². The van der Waals surface area contributed by atoms with Crippen LogP contribution in [0.2, 0.25) is 5.15 Å². The lowest BCUT2D eigenvalue weighted by Crippen LogP contribution is -2.33. The van der Waals surface area contributed by atoms with Crippen molar-refractivity contribution >= 4 is 29.3 Å². The van der Waals surface area contributed by atoms with Gasteiger partial charge in [0.2, 0.25) is 11.9 Å². The number of carbonyl (C=O) groups excluding carboxylic acids is 1. The molecule has 2 rings (SSSR count). The number of anilines is 2. The fourth-order valence-electron chi connectivity index (χ4n) is 1.77. The number of hydrogen-bond donors (Lipinski definition) is 2. The SMILES string of the molecule is Nc1nc(Cl)cc(NCC(=O)N2CCCC2)n1. The van der Waals surface area contributed by atoms with E-state index in [0.717, 1.165) is 25.9 Å². The Kier molecular flexibility index (Phi) is 3.63. The van der Waals surface area contributed by atoms with Gasteiger partial charge in [-0.15, -0.1) is 0 Å². The van der Waals surface area contributed by atoms with Crippen molar-refractivity contribution in [2.45, 2.75) is 12.8 Å². The number of nitrogens with zero attached hydrogens (tertiary/aromatic N) is 3. The Morgan fingerprint density at radius 2 is 2.18 bits per heavy atom. The molecule has 1 saturated heterocycles. The van der Waals surface area contributed by atoms with Crippen molar-refractivity contribution in [3.05, 3.63) is 11.2 Å². The van der Waals surface area contributed by atoms with Crippen molar-refractivity contribution < 1.29 is 4.79 Å². The second-order valence-electron chi connectivity index (χ2n) is 3.88. The zero-order valence-corrected chi connectivity index (χ0v) is 10.1. The molecule has 1 aliphatic rings. The van der Waals surface area contributed by atoms with Gasteiger partial charge in [-0.25, -0.2) is 4.98 Å². The Labute approximate surface area is 104 Å². The van der Waals surface area contributed by atoms with Crippen LogP contribution in [0.3, 0.4) is 0 Å². The molecule has 1 amide bonds. The second kappa shape index (κ2) is 5.18. The molecule has 17 heavy (non-hydrogen) atoms. The number of likely N-dealkylation sites (tertiary alicyclic amines) is 1. The minimum Gasteiger partial charge on any atom is -0.368 e. The first kappa shape index (κ1) is 11.9. The van der Waals surface area contributed by atoms with E-state index in [1.807, 2.05) is 4.90 Å². The van der Waals surface area contributed by atoms with Gasteiger partial charge < -0.3 is 16.0 Å². The smallest absolute Gasteiger partial charge is 0.241 e. The lowest BCUT2D eigenvalue weighted by atomic mass is 10.4. The monoisotopic (exact) mass is 255 g/mol. The third kappa shape index (κ3) is 3.20. The predicted octanol–water partition coefficient (Wildman–Crippen LogP) is 0.746. The van der Waals surface area contributed by atoms with E-state index in [1.54, 1.807) is 0 Å². The van der Waals surface area contributed by atoms with E-state index in [0.29, 0.717) is 5.82 Å². The largest absolute Gasteiger partial charge is 0.368 e. The Bertz CT molecular complexity index is 399. The zero-order valence-electron chi connectivity index (χ0n) is 9.32. The molecule has 0 aromatic carbocycles. The Morgan fingerprint density at radius 1 is 1.47 bits per heavy atom. The molecular weight excluding hydrogens is 242 g/mol. The first-order chi connectivity index (χ1) is 8.15. The van der Waals surface area contributed by atoms with Crippen molar-refractivity contribution in [1.82, 2.24) is 14.9 Å². The van der Waals surface area contributed by atoms with Crippen LogP contribution in [0.25, 0.3) is 0 Å². The number of nitrogens with one attached hydrogen (secondary N) is 1. The number of hydrogen-bond acceptors (Lipinski definition) is 5. The highest BCUT2D eigenvalue weighted by atomic mass is 35.5. The second-order valence-corrected chi connectivity index (χ2v) is 4.26. The lowest BCUT2D eigenvalue weighted by Gasteiger charge is -2.15. The summed E-state index contributed by atoms with van der Waals surface area (Å²) in [6.45, 7) is 1.88. The summed E-state index contributed by atoms with van der Waals surface area (Å²) >= 11 is 5.73. The highest BCUT2D eigenvalue weighted by Gasteiger charge is 2.17. The molecule has 0 radical (unpaired) electrons. The maximum Gasteiger partial charge on any atom is 0.241 e. The number of rotatable bonds is 3. The third-order valence-corrected chi connectivity index (χ3v) is 2.79. The zero-order chi connectivity index (χ0) is 12.3. The number of carbonyl (C=O) groups is 1. The molecule has 92 valence electrons. The molecular formula is C10H14ClN5O. The van der Waals surface area contributed by atoms with Crippen molar-refractivity contribution in [3.8, 4) is 0 Å². The number of nitrogen functional groups attached to an aromatic ring is 1. The summed E-state index contributed by atoms with van der Waals surface area (Å²) in [6, 6.07) is 1.54. The van der Waals surface area contributed by atoms with Gasteiger partial charge in [0, 0.05) is 19.2 Å². The van der Waals surface area contributed by atoms with E-state index < -0.39 is 0 Å². The summed E-state index contributed by atoms with van der Waals surface area (Å²) in [5.41, 5.74) is 5.45. The van der Waals surface area contributed by atoms with Crippen LogP contribution in [0, 0.1) is 0 Å². The first-order valence-corrected chi connectivity index (χ1v) is 5.84. The summed E-state index contributed by atoms with van der Waals surface area (Å²) in [5.74, 6) is 0.625. The minimum absolute atomic E-state index is 0.0656. The molecule has 1 aromatic heterocycles. The van der Waals surface area contributed by atoms with Gasteiger partial charge in [0.1, 0.15) is 11.0 Å². The van der Waals surface area contributed by atoms with Crippen LogP contribution in [0.1, 0.15) is 12.8 Å². The van der Waals surface area contributed by atoms with Crippen molar-refractivity contribution in [1.29, 1.82) is 0 Å². The number of amides is 1. The molecule has 0 atom stereocenters. The van der Waals surface area contributed by atoms with Crippen LogP contribution in [0.5, 0.6) is 0 Å². The minimum atomic E-state index is 0.0656. The van der Waals surface area contributed by atoms with Gasteiger partial charge in [-0.1, -0.05) is 11.6 Å². The molecule has 2 heterocycles. The fraction of sp³-hybridized carbons (Fsp3) is 0.500. The maximum atomic E-state index is 11.7. The van der Waals surface area contributed by atoms with Crippen LogP contribution in [-0.4, -0.2) is 40.4 Å². The van der Waals surface area contributed by atoms with Gasteiger partial charge >= 0.3 is 0 Å². The van der Waals surface area contributed by atoms with E-state index in [2.05, 4.69) is 15.3 Å². The van der Waals surface area contributed by atoms with Crippen LogP contribution in [0.15, 0.2) is 6.07 Å². The van der Waals surface area contributed by atoms with E-state index >= 15 is 0 Å². The lowest BCUT2D eigenvalue weighted by molar-refractivity contribution is -0.128. The number of nitrogens with two attached hydrogens (primary N) is 1. The topological polar surface area (TPSA) is 84.1 Å². The van der Waals surface area contributed by atoms with Crippen LogP contribution < -0.4 is 11.1 Å². The van der Waals surface area contributed by atoms with Crippen molar-refractivity contribution in [2.24, 2.45) is 0 Å². The Morgan fingerprint density at radius 3 is 2.82 bits per heavy atom. The average Bonchev–Trinajstić information content (AvgIpc) is 2.78. The first-order valence-electron chi connectivity index (χ1n) is 5.47. The highest BCUT2D eigenvalue weighted by Crippen LogP contribution is 2.13. The molecule has 0 saturated carbocycles. The summed E-state index contributed by atoms with van der Waals surface area (Å²) < 4.78 is 0. The van der Waals surface area contributed by atoms with Crippen LogP contribution >= 0.6 is 11.6 Å². The van der Waals surface area contributed by atoms with Gasteiger partial charge in [0.25, 0.3) is 0 Å². The van der Waals surface area contributed by atoms with E-state index in [-0.39, 0.29) is 23.6 Å². The van der Waals surface area contributed by atoms with E-state index in [1.165, 1.54) is 6.07 Å². The maximum absolute atomic E-state index is 11.7. The molecule has 0 unspecified atom stereocenters. The quantitative estimate of drug-likeness (QED) is 0.779. The Hall–Kier alpha value is -1.56. The standard InChI is InChI=1S/C10H14ClN5O/c11-7-5-8(15-10(12)14-7)13-6-9(17)16-3-1-2-4-16/h5H,1-4,6H2,(H3,12,13,14,15). The van der Waals surface area contributed by atoms with Gasteiger partial charge in [0.15, 0.2) is 0 Å². The summed E-state index contributed by atoms with van der Waals surface area (Å²) in [5, 5.41) is 3.15. The summed E-state index contributed by atoms with van der Waals surface area (Å²) in [6.07, 6.45) is 2.16. The summed E-state index contributed by atoms with van der Waals surface area (Å²) in [4.78, 5) is 21.2. The van der Waals surface area contributed by atoms with Crippen LogP contribution in [-0.2, 0) is 4.79 Å². The molecule has 6 nitrogen and oxygen atoms in total. The van der Waals surface area contributed by atoms with Crippen molar-refractivity contribution in [3.63, 3.8) is 0 Å². The molecule has 0 spiro atoms. The fourth-order valence-corrected chi connectivity index (χ4v) is 1.96. The molecule has 1 fully saturated rings.